The van der Waals surface area contributed by atoms with E-state index in [1.54, 1.807) is 38.3 Å². The predicted octanol–water partition coefficient (Wildman–Crippen LogP) is 3.70. The smallest absolute Gasteiger partial charge is 0.278 e. The highest BCUT2D eigenvalue weighted by molar-refractivity contribution is 6.36. The van der Waals surface area contributed by atoms with Gasteiger partial charge in [-0.2, -0.15) is 0 Å². The van der Waals surface area contributed by atoms with Gasteiger partial charge in [0.25, 0.3) is 11.8 Å². The minimum absolute atomic E-state index is 0.224. The van der Waals surface area contributed by atoms with Gasteiger partial charge in [0.1, 0.15) is 11.4 Å². The molecular weight excluding hydrogens is 384 g/mol. The maximum atomic E-state index is 13.0. The zero-order chi connectivity index (χ0) is 21.7. The average Bonchev–Trinajstić information content (AvgIpc) is 3.00. The van der Waals surface area contributed by atoms with Gasteiger partial charge in [0.2, 0.25) is 0 Å². The van der Waals surface area contributed by atoms with Crippen LogP contribution in [0.4, 0.5) is 5.69 Å². The standard InChI is InChI=1S/C23H26N2O5/c1-5-12-30-17-9-7-8-16(14-17)24-21-20(22(26)25(6-2)23(21)27)15-10-11-18(28-3)19(13-15)29-4/h7-11,13-14,24H,5-6,12H2,1-4H3. The Kier molecular flexibility index (Phi) is 6.61. The topological polar surface area (TPSA) is 77.1 Å². The summed E-state index contributed by atoms with van der Waals surface area (Å²) < 4.78 is 16.3. The van der Waals surface area contributed by atoms with Crippen LogP contribution in [0.5, 0.6) is 17.2 Å². The number of amides is 2. The van der Waals surface area contributed by atoms with Crippen LogP contribution in [0.2, 0.25) is 0 Å². The van der Waals surface area contributed by atoms with Crippen LogP contribution in [0.15, 0.2) is 48.2 Å². The largest absolute Gasteiger partial charge is 0.494 e. The van der Waals surface area contributed by atoms with Gasteiger partial charge in [0.15, 0.2) is 11.5 Å². The molecule has 0 saturated heterocycles. The van der Waals surface area contributed by atoms with Crippen LogP contribution in [-0.4, -0.2) is 44.1 Å². The molecule has 2 aromatic carbocycles. The molecule has 30 heavy (non-hydrogen) atoms. The van der Waals surface area contributed by atoms with Crippen LogP contribution in [0.3, 0.4) is 0 Å². The molecular formula is C23H26N2O5. The number of ether oxygens (including phenoxy) is 3. The zero-order valence-electron chi connectivity index (χ0n) is 17.7. The molecule has 0 aromatic heterocycles. The van der Waals surface area contributed by atoms with Crippen LogP contribution < -0.4 is 19.5 Å². The third-order valence-corrected chi connectivity index (χ3v) is 4.73. The van der Waals surface area contributed by atoms with Crippen molar-refractivity contribution in [1.29, 1.82) is 0 Å². The molecule has 1 aliphatic heterocycles. The van der Waals surface area contributed by atoms with E-state index in [1.165, 1.54) is 12.0 Å². The number of likely N-dealkylation sites (N-methyl/N-ethyl adjacent to an activating group) is 1. The van der Waals surface area contributed by atoms with Crippen LogP contribution in [0, 0.1) is 0 Å². The number of rotatable bonds is 9. The molecule has 0 unspecified atom stereocenters. The Balaban J connectivity index is 2.04. The lowest BCUT2D eigenvalue weighted by molar-refractivity contribution is -0.136. The number of carbonyl (C=O) groups is 2. The quantitative estimate of drug-likeness (QED) is 0.635. The van der Waals surface area contributed by atoms with E-state index in [9.17, 15) is 9.59 Å². The number of anilines is 1. The molecule has 0 saturated carbocycles. The fraction of sp³-hybridized carbons (Fsp3) is 0.304. The molecule has 1 N–H and O–H groups in total. The fourth-order valence-corrected chi connectivity index (χ4v) is 3.27. The lowest BCUT2D eigenvalue weighted by Gasteiger charge is -2.12. The summed E-state index contributed by atoms with van der Waals surface area (Å²) in [4.78, 5) is 27.2. The van der Waals surface area contributed by atoms with Crippen molar-refractivity contribution >= 4 is 23.1 Å². The molecule has 2 aromatic rings. The first-order chi connectivity index (χ1) is 14.5. The second-order valence-corrected chi connectivity index (χ2v) is 6.68. The van der Waals surface area contributed by atoms with Crippen LogP contribution >= 0.6 is 0 Å². The highest BCUT2D eigenvalue weighted by Crippen LogP contribution is 2.35. The summed E-state index contributed by atoms with van der Waals surface area (Å²) in [5.41, 5.74) is 1.75. The first-order valence-electron chi connectivity index (χ1n) is 9.86. The van der Waals surface area contributed by atoms with Gasteiger partial charge in [-0.3, -0.25) is 14.5 Å². The van der Waals surface area contributed by atoms with Gasteiger partial charge in [-0.05, 0) is 43.2 Å². The summed E-state index contributed by atoms with van der Waals surface area (Å²) in [6.45, 7) is 4.68. The minimum Gasteiger partial charge on any atom is -0.494 e. The van der Waals surface area contributed by atoms with Crippen molar-refractivity contribution in [3.8, 4) is 17.2 Å². The van der Waals surface area contributed by atoms with Crippen molar-refractivity contribution in [2.45, 2.75) is 20.3 Å². The van der Waals surface area contributed by atoms with Gasteiger partial charge in [-0.25, -0.2) is 0 Å². The highest BCUT2D eigenvalue weighted by Gasteiger charge is 2.38. The van der Waals surface area contributed by atoms with Gasteiger partial charge in [0.05, 0.1) is 26.4 Å². The lowest BCUT2D eigenvalue weighted by Crippen LogP contribution is -2.32. The van der Waals surface area contributed by atoms with Crippen molar-refractivity contribution in [1.82, 2.24) is 4.90 Å². The summed E-state index contributed by atoms with van der Waals surface area (Å²) in [6, 6.07) is 12.5. The third kappa shape index (κ3) is 4.10. The monoisotopic (exact) mass is 410 g/mol. The fourth-order valence-electron chi connectivity index (χ4n) is 3.27. The number of hydrogen-bond acceptors (Lipinski definition) is 6. The minimum atomic E-state index is -0.368. The van der Waals surface area contributed by atoms with Crippen molar-refractivity contribution in [2.75, 3.05) is 32.7 Å². The number of hydrogen-bond donors (Lipinski definition) is 1. The Morgan fingerprint density at radius 3 is 2.37 bits per heavy atom. The molecule has 0 bridgehead atoms. The normalized spacial score (nSPS) is 13.7. The molecule has 2 amide bonds. The Labute approximate surface area is 176 Å². The lowest BCUT2D eigenvalue weighted by atomic mass is 10.0. The van der Waals surface area contributed by atoms with Crippen molar-refractivity contribution in [2.24, 2.45) is 0 Å². The van der Waals surface area contributed by atoms with E-state index in [0.29, 0.717) is 40.7 Å². The summed E-state index contributed by atoms with van der Waals surface area (Å²) in [6.07, 6.45) is 0.894. The molecule has 3 rings (SSSR count). The molecule has 0 aliphatic carbocycles. The van der Waals surface area contributed by atoms with Crippen molar-refractivity contribution in [3.05, 3.63) is 53.7 Å². The van der Waals surface area contributed by atoms with Gasteiger partial charge in [-0.15, -0.1) is 0 Å². The van der Waals surface area contributed by atoms with E-state index in [-0.39, 0.29) is 24.1 Å². The first kappa shape index (κ1) is 21.2. The van der Waals surface area contributed by atoms with E-state index < -0.39 is 0 Å². The Morgan fingerprint density at radius 1 is 0.933 bits per heavy atom. The third-order valence-electron chi connectivity index (χ3n) is 4.73. The Hall–Kier alpha value is -3.48. The average molecular weight is 410 g/mol. The van der Waals surface area contributed by atoms with Crippen LogP contribution in [0.1, 0.15) is 25.8 Å². The molecule has 158 valence electrons. The van der Waals surface area contributed by atoms with Gasteiger partial charge in [0, 0.05) is 18.3 Å². The zero-order valence-corrected chi connectivity index (χ0v) is 17.7. The summed E-state index contributed by atoms with van der Waals surface area (Å²) in [5.74, 6) is 0.996. The van der Waals surface area contributed by atoms with E-state index in [4.69, 9.17) is 14.2 Å². The van der Waals surface area contributed by atoms with Crippen LogP contribution in [0.25, 0.3) is 5.57 Å². The van der Waals surface area contributed by atoms with Gasteiger partial charge >= 0.3 is 0 Å². The second-order valence-electron chi connectivity index (χ2n) is 6.68. The van der Waals surface area contributed by atoms with E-state index in [2.05, 4.69) is 5.32 Å². The molecule has 7 nitrogen and oxygen atoms in total. The summed E-state index contributed by atoms with van der Waals surface area (Å²) in [7, 11) is 3.07. The predicted molar refractivity (Wildman–Crippen MR) is 115 cm³/mol. The van der Waals surface area contributed by atoms with Crippen molar-refractivity contribution in [3.63, 3.8) is 0 Å². The summed E-state index contributed by atoms with van der Waals surface area (Å²) >= 11 is 0. The molecule has 7 heteroatoms. The van der Waals surface area contributed by atoms with Crippen molar-refractivity contribution < 1.29 is 23.8 Å². The van der Waals surface area contributed by atoms with Gasteiger partial charge < -0.3 is 19.5 Å². The number of nitrogens with zero attached hydrogens (tertiary/aromatic N) is 1. The van der Waals surface area contributed by atoms with Crippen LogP contribution in [-0.2, 0) is 9.59 Å². The number of carbonyl (C=O) groups excluding carboxylic acids is 2. The number of methoxy groups -OCH3 is 2. The van der Waals surface area contributed by atoms with E-state index in [1.807, 2.05) is 25.1 Å². The number of benzene rings is 2. The molecule has 1 heterocycles. The van der Waals surface area contributed by atoms with E-state index >= 15 is 0 Å². The number of imide groups is 1. The molecule has 0 fully saturated rings. The van der Waals surface area contributed by atoms with E-state index in [0.717, 1.165) is 6.42 Å². The van der Waals surface area contributed by atoms with Gasteiger partial charge in [-0.1, -0.05) is 19.1 Å². The maximum Gasteiger partial charge on any atom is 0.278 e. The number of nitrogens with one attached hydrogen (secondary N) is 1. The highest BCUT2D eigenvalue weighted by atomic mass is 16.5. The summed E-state index contributed by atoms with van der Waals surface area (Å²) in [5, 5.41) is 3.13. The molecule has 1 aliphatic rings. The second kappa shape index (κ2) is 9.35. The first-order valence-corrected chi connectivity index (χ1v) is 9.86. The maximum absolute atomic E-state index is 13.0. The Bertz CT molecular complexity index is 983. The molecule has 0 radical (unpaired) electrons. The molecule has 0 atom stereocenters. The Morgan fingerprint density at radius 2 is 1.70 bits per heavy atom. The SMILES string of the molecule is CCCOc1cccc(NC2=C(c3ccc(OC)c(OC)c3)C(=O)N(CC)C2=O)c1. The molecule has 0 spiro atoms.